The van der Waals surface area contributed by atoms with Crippen molar-refractivity contribution in [3.63, 3.8) is 0 Å². The molecule has 1 N–H and O–H groups in total. The first kappa shape index (κ1) is 19.8. The van der Waals surface area contributed by atoms with E-state index in [1.807, 2.05) is 22.9 Å². The van der Waals surface area contributed by atoms with E-state index < -0.39 is 9.04 Å². The molecule has 1 aromatic heterocycles. The first-order chi connectivity index (χ1) is 12.7. The van der Waals surface area contributed by atoms with Crippen molar-refractivity contribution in [2.45, 2.75) is 38.1 Å². The second-order valence-corrected chi connectivity index (χ2v) is 9.33. The Bertz CT molecular complexity index is 714. The Labute approximate surface area is 169 Å². The van der Waals surface area contributed by atoms with Gasteiger partial charge in [-0.25, -0.2) is 4.98 Å². The molecule has 1 radical (unpaired) electrons. The van der Waals surface area contributed by atoms with Gasteiger partial charge in [0.25, 0.3) is 9.04 Å². The molecule has 0 spiro atoms. The Balaban J connectivity index is 1.70. The van der Waals surface area contributed by atoms with Crippen LogP contribution in [-0.4, -0.2) is 43.2 Å². The number of hydrogen-bond acceptors (Lipinski definition) is 4. The van der Waals surface area contributed by atoms with E-state index in [-0.39, 0.29) is 18.9 Å². The van der Waals surface area contributed by atoms with Gasteiger partial charge in [0.1, 0.15) is 11.7 Å². The van der Waals surface area contributed by atoms with Gasteiger partial charge in [-0.05, 0) is 66.1 Å². The summed E-state index contributed by atoms with van der Waals surface area (Å²) in [5.74, 6) is 0. The van der Waals surface area contributed by atoms with Crippen molar-refractivity contribution in [1.82, 2.24) is 9.55 Å². The summed E-state index contributed by atoms with van der Waals surface area (Å²) in [6, 6.07) is 8.12. The van der Waals surface area contributed by atoms with Crippen molar-refractivity contribution in [3.05, 3.63) is 51.9 Å². The topological polar surface area (TPSA) is 56.5 Å². The second kappa shape index (κ2) is 9.79. The second-order valence-electron chi connectivity index (χ2n) is 6.29. The van der Waals surface area contributed by atoms with Crippen LogP contribution < -0.4 is 5.45 Å². The maximum atomic E-state index is 9.89. The number of benzene rings is 1. The fraction of sp³-hybridized carbons (Fsp3) is 0.421. The third kappa shape index (κ3) is 5.26. The molecule has 1 aliphatic heterocycles. The predicted molar refractivity (Wildman–Crippen MR) is 112 cm³/mol. The molecule has 0 bridgehead atoms. The van der Waals surface area contributed by atoms with Gasteiger partial charge in [-0.1, -0.05) is 24.3 Å². The lowest BCUT2D eigenvalue weighted by atomic mass is 10.2. The molecule has 1 fully saturated rings. The van der Waals surface area contributed by atoms with E-state index in [1.54, 1.807) is 6.20 Å². The van der Waals surface area contributed by atoms with Crippen LogP contribution in [0.3, 0.4) is 0 Å². The van der Waals surface area contributed by atoms with Crippen molar-refractivity contribution in [2.24, 2.45) is 0 Å². The summed E-state index contributed by atoms with van der Waals surface area (Å²) in [5, 5.41) is 9.89. The van der Waals surface area contributed by atoms with Crippen LogP contribution in [0, 0.1) is 3.57 Å². The largest absolute Gasteiger partial charge is 0.394 e. The Morgan fingerprint density at radius 2 is 2.23 bits per heavy atom. The van der Waals surface area contributed by atoms with E-state index in [2.05, 4.69) is 58.4 Å². The molecular formula is C19H24IN2O3Si. The molecule has 0 saturated carbocycles. The van der Waals surface area contributed by atoms with E-state index in [9.17, 15) is 5.11 Å². The fourth-order valence-electron chi connectivity index (χ4n) is 2.94. The van der Waals surface area contributed by atoms with Crippen LogP contribution in [-0.2, 0) is 9.16 Å². The van der Waals surface area contributed by atoms with Gasteiger partial charge in [0, 0.05) is 22.6 Å². The van der Waals surface area contributed by atoms with Gasteiger partial charge in [0.05, 0.1) is 12.6 Å². The number of aliphatic hydroxyl groups is 1. The number of aliphatic hydroxyl groups excluding tert-OH is 1. The quantitative estimate of drug-likeness (QED) is 0.486. The zero-order valence-corrected chi connectivity index (χ0v) is 18.0. The first-order valence-electron chi connectivity index (χ1n) is 8.87. The van der Waals surface area contributed by atoms with Gasteiger partial charge in [-0.3, -0.25) is 0 Å². The van der Waals surface area contributed by atoms with Crippen LogP contribution in [0.2, 0.25) is 6.55 Å². The van der Waals surface area contributed by atoms with Crippen molar-refractivity contribution >= 4 is 43.2 Å². The van der Waals surface area contributed by atoms with Crippen LogP contribution in [0.5, 0.6) is 0 Å². The molecule has 5 nitrogen and oxygen atoms in total. The van der Waals surface area contributed by atoms with Gasteiger partial charge >= 0.3 is 0 Å². The number of halogens is 1. The monoisotopic (exact) mass is 483 g/mol. The normalized spacial score (nSPS) is 19.3. The number of rotatable bonds is 7. The van der Waals surface area contributed by atoms with E-state index in [1.165, 1.54) is 3.57 Å². The molecule has 26 heavy (non-hydrogen) atoms. The van der Waals surface area contributed by atoms with Crippen LogP contribution >= 0.6 is 22.6 Å². The Kier molecular flexibility index (Phi) is 7.44. The van der Waals surface area contributed by atoms with E-state index >= 15 is 0 Å². The van der Waals surface area contributed by atoms with Gasteiger partial charge in [0.2, 0.25) is 0 Å². The molecule has 1 saturated heterocycles. The SMILES string of the molecule is C[Si](OC1CCCCO1)c1nccn1[C@@H](/C=C/c1ccc(I)cc1)CO. The minimum absolute atomic E-state index is 0.0132. The summed E-state index contributed by atoms with van der Waals surface area (Å²) in [4.78, 5) is 4.50. The zero-order chi connectivity index (χ0) is 18.4. The van der Waals surface area contributed by atoms with Gasteiger partial charge < -0.3 is 18.8 Å². The smallest absolute Gasteiger partial charge is 0.289 e. The summed E-state index contributed by atoms with van der Waals surface area (Å²) >= 11 is 2.29. The standard InChI is InChI=1S/C19H24IN2O3Si/c1-26(25-18-4-2-3-13-24-18)19-21-11-12-22(19)17(14-23)10-7-15-5-8-16(20)9-6-15/h5-12,17-18,23H,2-4,13-14H2,1H3/b10-7+/t17-,18?/m0/s1. The van der Waals surface area contributed by atoms with Crippen molar-refractivity contribution < 1.29 is 14.3 Å². The van der Waals surface area contributed by atoms with Crippen LogP contribution in [0.1, 0.15) is 30.9 Å². The Hall–Kier alpha value is -1.00. The lowest BCUT2D eigenvalue weighted by Gasteiger charge is -2.26. The third-order valence-corrected chi connectivity index (χ3v) is 6.71. The predicted octanol–water partition coefficient (Wildman–Crippen LogP) is 3.11. The summed E-state index contributed by atoms with van der Waals surface area (Å²) in [6.07, 6.45) is 10.8. The van der Waals surface area contributed by atoms with E-state index in [0.29, 0.717) is 0 Å². The number of nitrogens with zero attached hydrogens (tertiary/aromatic N) is 2. The molecule has 2 aromatic rings. The van der Waals surface area contributed by atoms with Gasteiger partial charge in [-0.2, -0.15) is 0 Å². The van der Waals surface area contributed by atoms with Crippen LogP contribution in [0.15, 0.2) is 42.7 Å². The molecule has 2 atom stereocenters. The molecule has 1 unspecified atom stereocenters. The summed E-state index contributed by atoms with van der Waals surface area (Å²) in [6.45, 7) is 2.87. The number of aromatic nitrogens is 2. The highest BCUT2D eigenvalue weighted by molar-refractivity contribution is 14.1. The highest BCUT2D eigenvalue weighted by atomic mass is 127. The maximum Gasteiger partial charge on any atom is 0.289 e. The fourth-order valence-corrected chi connectivity index (χ4v) is 4.85. The maximum absolute atomic E-state index is 9.89. The molecule has 2 heterocycles. The highest BCUT2D eigenvalue weighted by Crippen LogP contribution is 2.16. The van der Waals surface area contributed by atoms with Crippen molar-refractivity contribution in [3.8, 4) is 0 Å². The number of hydrogen-bond donors (Lipinski definition) is 1. The van der Waals surface area contributed by atoms with Crippen molar-refractivity contribution in [1.29, 1.82) is 0 Å². The third-order valence-electron chi connectivity index (χ3n) is 4.35. The van der Waals surface area contributed by atoms with Crippen molar-refractivity contribution in [2.75, 3.05) is 13.2 Å². The Morgan fingerprint density at radius 1 is 1.42 bits per heavy atom. The molecule has 7 heteroatoms. The summed E-state index contributed by atoms with van der Waals surface area (Å²) < 4.78 is 15.0. The van der Waals surface area contributed by atoms with E-state index in [4.69, 9.17) is 9.16 Å². The highest BCUT2D eigenvalue weighted by Gasteiger charge is 2.24. The lowest BCUT2D eigenvalue weighted by Crippen LogP contribution is -2.43. The van der Waals surface area contributed by atoms with Crippen LogP contribution in [0.4, 0.5) is 0 Å². The molecule has 1 aromatic carbocycles. The zero-order valence-electron chi connectivity index (χ0n) is 14.8. The molecule has 139 valence electrons. The summed E-state index contributed by atoms with van der Waals surface area (Å²) in [7, 11) is -1.31. The number of imidazole rings is 1. The molecule has 0 amide bonds. The molecular weight excluding hydrogens is 459 g/mol. The number of ether oxygens (including phenoxy) is 1. The minimum Gasteiger partial charge on any atom is -0.394 e. The first-order valence-corrected chi connectivity index (χ1v) is 11.9. The average Bonchev–Trinajstić information content (AvgIpc) is 3.14. The summed E-state index contributed by atoms with van der Waals surface area (Å²) in [5.41, 5.74) is 2.01. The Morgan fingerprint density at radius 3 is 2.92 bits per heavy atom. The molecule has 0 aliphatic carbocycles. The van der Waals surface area contributed by atoms with E-state index in [0.717, 1.165) is 36.9 Å². The molecule has 1 aliphatic rings. The van der Waals surface area contributed by atoms with Gasteiger partial charge in [-0.15, -0.1) is 0 Å². The minimum atomic E-state index is -1.31. The average molecular weight is 483 g/mol. The molecule has 3 rings (SSSR count). The lowest BCUT2D eigenvalue weighted by molar-refractivity contribution is -0.107. The van der Waals surface area contributed by atoms with Crippen LogP contribution in [0.25, 0.3) is 6.08 Å². The van der Waals surface area contributed by atoms with Gasteiger partial charge in [0.15, 0.2) is 0 Å².